The van der Waals surface area contributed by atoms with Gasteiger partial charge in [0, 0.05) is 22.3 Å². The van der Waals surface area contributed by atoms with E-state index in [9.17, 15) is 5.53 Å². The van der Waals surface area contributed by atoms with E-state index in [2.05, 4.69) is 88.4 Å². The molecule has 0 unspecified atom stereocenters. The predicted octanol–water partition coefficient (Wildman–Crippen LogP) is 19.1. The van der Waals surface area contributed by atoms with Gasteiger partial charge in [0.2, 0.25) is 11.4 Å². The van der Waals surface area contributed by atoms with E-state index in [4.69, 9.17) is 0 Å². The molecule has 0 N–H and O–H groups in total. The monoisotopic (exact) mass is 791 g/mol. The van der Waals surface area contributed by atoms with Crippen molar-refractivity contribution in [1.29, 1.82) is 0 Å². The Labute approximate surface area is 360 Å². The van der Waals surface area contributed by atoms with Crippen molar-refractivity contribution in [3.63, 3.8) is 0 Å². The fourth-order valence-electron chi connectivity index (χ4n) is 9.06. The minimum Gasteiger partial charge on any atom is -0.493 e. The van der Waals surface area contributed by atoms with E-state index < -0.39 is 0 Å². The summed E-state index contributed by atoms with van der Waals surface area (Å²) in [6.07, 6.45) is 48.8. The van der Waals surface area contributed by atoms with Gasteiger partial charge in [-0.05, 0) is 93.5 Å². The van der Waals surface area contributed by atoms with Crippen LogP contribution in [0.2, 0.25) is 0 Å². The third kappa shape index (κ3) is 19.5. The fourth-order valence-corrected chi connectivity index (χ4v) is 9.06. The zero-order chi connectivity index (χ0) is 41.3. The van der Waals surface area contributed by atoms with Crippen molar-refractivity contribution in [2.45, 2.75) is 246 Å². The van der Waals surface area contributed by atoms with Crippen LogP contribution in [0.25, 0.3) is 16.9 Å². The summed E-state index contributed by atoms with van der Waals surface area (Å²) < 4.78 is 1.63. The average molecular weight is 791 g/mol. The minimum absolute atomic E-state index is 1.00. The van der Waals surface area contributed by atoms with Gasteiger partial charge in [-0.25, -0.2) is 4.70 Å². The molecule has 0 aliphatic carbocycles. The van der Waals surface area contributed by atoms with Crippen molar-refractivity contribution in [2.75, 3.05) is 0 Å². The van der Waals surface area contributed by atoms with Crippen LogP contribution in [0.15, 0.2) is 71.8 Å². The molecule has 0 bridgehead atoms. The molecule has 0 radical (unpaired) electrons. The van der Waals surface area contributed by atoms with Crippen LogP contribution in [0.5, 0.6) is 0 Å². The quantitative estimate of drug-likeness (QED) is 0.0370. The standard InChI is InChI=1S/C56H90N2/c1-5-9-13-17-20-21-22-23-24-25-26-27-28-29-31-34-40-50-41-37-38-42-52(50)56-54(44-36-32-19-15-11-7-3)53(43-35-16-12-8-4)55(58(56)57)51-47-45-49(46-48-51)39-33-30-18-14-10-6-2/h29,31,37-38,41-42,45-48H,5-28,30,32-36,39-40,43-44H2,1-4H3. The fraction of sp³-hybridized carbons (Fsp3) is 0.679. The second kappa shape index (κ2) is 33.0. The lowest BCUT2D eigenvalue weighted by atomic mass is 9.90. The molecule has 0 saturated heterocycles. The normalized spacial score (nSPS) is 13.3. The van der Waals surface area contributed by atoms with Gasteiger partial charge in [-0.2, -0.15) is 0 Å². The van der Waals surface area contributed by atoms with E-state index >= 15 is 0 Å². The molecule has 0 amide bonds. The summed E-state index contributed by atoms with van der Waals surface area (Å²) in [5.41, 5.74) is 22.5. The van der Waals surface area contributed by atoms with Crippen LogP contribution in [-0.2, 0) is 12.8 Å². The number of nitrogens with zero attached hydrogens (tertiary/aromatic N) is 2. The molecule has 0 saturated carbocycles. The molecule has 2 heteroatoms. The minimum atomic E-state index is 1.00. The first-order chi connectivity index (χ1) is 28.7. The van der Waals surface area contributed by atoms with Crippen LogP contribution in [-0.4, -0.2) is 4.70 Å². The Hall–Kier alpha value is -2.74. The molecule has 0 fully saturated rings. The molecular weight excluding hydrogens is 701 g/mol. The number of hydrogen-bond donors (Lipinski definition) is 0. The highest BCUT2D eigenvalue weighted by atomic mass is 15.2. The smallest absolute Gasteiger partial charge is 0.211 e. The molecular formula is C56H90N2. The Kier molecular flexibility index (Phi) is 28.3. The van der Waals surface area contributed by atoms with E-state index in [0.29, 0.717) is 0 Å². The van der Waals surface area contributed by atoms with Gasteiger partial charge < -0.3 is 5.53 Å². The summed E-state index contributed by atoms with van der Waals surface area (Å²) >= 11 is 0. The number of hydrogen-bond acceptors (Lipinski definition) is 0. The van der Waals surface area contributed by atoms with Gasteiger partial charge in [-0.15, -0.1) is 0 Å². The summed E-state index contributed by atoms with van der Waals surface area (Å²) in [7, 11) is 0. The maximum atomic E-state index is 12.4. The maximum absolute atomic E-state index is 12.4. The summed E-state index contributed by atoms with van der Waals surface area (Å²) in [6, 6.07) is 18.2. The molecule has 324 valence electrons. The van der Waals surface area contributed by atoms with E-state index in [1.54, 1.807) is 4.70 Å². The van der Waals surface area contributed by atoms with Gasteiger partial charge in [0.25, 0.3) is 0 Å². The van der Waals surface area contributed by atoms with Crippen molar-refractivity contribution in [3.8, 4) is 0 Å². The van der Waals surface area contributed by atoms with Crippen LogP contribution in [0.4, 0.5) is 0 Å². The predicted molar refractivity (Wildman–Crippen MR) is 257 cm³/mol. The highest BCUT2D eigenvalue weighted by molar-refractivity contribution is 5.82. The van der Waals surface area contributed by atoms with Gasteiger partial charge >= 0.3 is 0 Å². The van der Waals surface area contributed by atoms with Crippen LogP contribution >= 0.6 is 0 Å². The Morgan fingerprint density at radius 3 is 1.34 bits per heavy atom. The first-order valence-electron chi connectivity index (χ1n) is 25.4. The molecule has 0 atom stereocenters. The zero-order valence-corrected chi connectivity index (χ0v) is 38.7. The topological polar surface area (TPSA) is 25.3 Å². The van der Waals surface area contributed by atoms with Gasteiger partial charge in [0.05, 0.1) is 0 Å². The molecule has 2 nitrogen and oxygen atoms in total. The van der Waals surface area contributed by atoms with E-state index in [-0.39, 0.29) is 0 Å². The van der Waals surface area contributed by atoms with Crippen molar-refractivity contribution >= 4 is 11.4 Å². The molecule has 3 rings (SSSR count). The number of aryl methyl sites for hydroxylation is 2. The zero-order valence-electron chi connectivity index (χ0n) is 38.7. The number of allylic oxidation sites excluding steroid dienone is 4. The van der Waals surface area contributed by atoms with Crippen molar-refractivity contribution < 1.29 is 4.70 Å². The largest absolute Gasteiger partial charge is 0.493 e. The first kappa shape index (κ1) is 49.6. The third-order valence-electron chi connectivity index (χ3n) is 12.7. The van der Waals surface area contributed by atoms with Gasteiger partial charge in [-0.3, -0.25) is 0 Å². The molecule has 1 aliphatic rings. The van der Waals surface area contributed by atoms with E-state index in [1.807, 2.05) is 0 Å². The first-order valence-corrected chi connectivity index (χ1v) is 25.4. The number of unbranched alkanes of at least 4 members (excludes halogenated alkanes) is 25. The second-order valence-electron chi connectivity index (χ2n) is 17.9. The maximum Gasteiger partial charge on any atom is 0.211 e. The number of rotatable bonds is 37. The van der Waals surface area contributed by atoms with E-state index in [1.165, 1.54) is 214 Å². The summed E-state index contributed by atoms with van der Waals surface area (Å²) in [6.45, 7) is 9.20. The molecule has 58 heavy (non-hydrogen) atoms. The molecule has 2 aromatic carbocycles. The summed E-state index contributed by atoms with van der Waals surface area (Å²) in [5.74, 6) is 0. The lowest BCUT2D eigenvalue weighted by Gasteiger charge is -2.13. The van der Waals surface area contributed by atoms with Gasteiger partial charge in [0.1, 0.15) is 0 Å². The highest BCUT2D eigenvalue weighted by Crippen LogP contribution is 2.45. The molecule has 1 aliphatic heterocycles. The third-order valence-corrected chi connectivity index (χ3v) is 12.7. The van der Waals surface area contributed by atoms with Gasteiger partial charge in [0.15, 0.2) is 0 Å². The molecule has 0 aromatic heterocycles. The Morgan fingerprint density at radius 1 is 0.397 bits per heavy atom. The average Bonchev–Trinajstić information content (AvgIpc) is 3.51. The van der Waals surface area contributed by atoms with Crippen molar-refractivity contribution in [3.05, 3.63) is 99.6 Å². The second-order valence-corrected chi connectivity index (χ2v) is 17.9. The lowest BCUT2D eigenvalue weighted by Crippen LogP contribution is -2.05. The van der Waals surface area contributed by atoms with Crippen molar-refractivity contribution in [2.24, 2.45) is 0 Å². The SMILES string of the molecule is CCCCCCCCCCCCCCC=CCCc1ccccc1C1=C(CCCCCCCC)C(CCCCCC)=C(c2ccc(CCCCCCCC)cc2)[N+]1=[N-]. The lowest BCUT2D eigenvalue weighted by molar-refractivity contribution is -0.345. The van der Waals surface area contributed by atoms with Crippen LogP contribution in [0, 0.1) is 0 Å². The number of benzene rings is 2. The Balaban J connectivity index is 1.70. The molecule has 1 heterocycles. The van der Waals surface area contributed by atoms with Gasteiger partial charge in [-0.1, -0.05) is 224 Å². The van der Waals surface area contributed by atoms with E-state index in [0.717, 1.165) is 49.1 Å². The van der Waals surface area contributed by atoms with Crippen LogP contribution in [0.3, 0.4) is 0 Å². The highest BCUT2D eigenvalue weighted by Gasteiger charge is 2.36. The Bertz CT molecular complexity index is 1440. The molecule has 0 spiro atoms. The van der Waals surface area contributed by atoms with Crippen LogP contribution in [0.1, 0.15) is 255 Å². The van der Waals surface area contributed by atoms with Crippen molar-refractivity contribution in [1.82, 2.24) is 0 Å². The molecule has 2 aromatic rings. The van der Waals surface area contributed by atoms with Crippen LogP contribution < -0.4 is 0 Å². The summed E-state index contributed by atoms with van der Waals surface area (Å²) in [5, 5.41) is 0. The summed E-state index contributed by atoms with van der Waals surface area (Å²) in [4.78, 5) is 0. The Morgan fingerprint density at radius 2 is 0.810 bits per heavy atom.